The monoisotopic (exact) mass is 440 g/mol. The van der Waals surface area contributed by atoms with Crippen molar-refractivity contribution >= 4 is 18.1 Å². The van der Waals surface area contributed by atoms with E-state index in [1.54, 1.807) is 7.11 Å². The summed E-state index contributed by atoms with van der Waals surface area (Å²) in [4.78, 5) is 12.0. The second-order valence-corrected chi connectivity index (χ2v) is 8.72. The maximum absolute atomic E-state index is 12.0. The van der Waals surface area contributed by atoms with E-state index in [9.17, 15) is 4.79 Å². The van der Waals surface area contributed by atoms with Gasteiger partial charge >= 0.3 is 0 Å². The number of hydrogen-bond donors (Lipinski definition) is 2. The van der Waals surface area contributed by atoms with Gasteiger partial charge in [-0.05, 0) is 65.1 Å². The first-order valence-corrected chi connectivity index (χ1v) is 11.6. The van der Waals surface area contributed by atoms with Crippen LogP contribution in [0.15, 0.2) is 78.9 Å². The molecule has 3 aromatic rings. The minimum atomic E-state index is -0.242. The Bertz CT molecular complexity index is 1060. The number of carbonyl (C=O) groups excluding carboxylic acids is 1. The van der Waals surface area contributed by atoms with Gasteiger partial charge in [0, 0.05) is 13.0 Å². The van der Waals surface area contributed by atoms with Crippen LogP contribution in [0.3, 0.4) is 0 Å². The lowest BCUT2D eigenvalue weighted by Crippen LogP contribution is -2.38. The molecule has 4 rings (SSSR count). The molecule has 170 valence electrons. The fraction of sp³-hybridized carbons (Fsp3) is 0.276. The van der Waals surface area contributed by atoms with E-state index in [1.807, 2.05) is 30.3 Å². The van der Waals surface area contributed by atoms with Crippen molar-refractivity contribution in [2.45, 2.75) is 24.7 Å². The van der Waals surface area contributed by atoms with Gasteiger partial charge in [0.25, 0.3) is 0 Å². The molecule has 1 aliphatic heterocycles. The first-order valence-electron chi connectivity index (χ1n) is 11.6. The number of amides is 1. The summed E-state index contributed by atoms with van der Waals surface area (Å²) >= 11 is 0. The number of ether oxygens (including phenoxy) is 1. The second-order valence-electron chi connectivity index (χ2n) is 8.72. The van der Waals surface area contributed by atoms with Crippen LogP contribution in [-0.2, 0) is 4.79 Å². The number of hydrogen-bond acceptors (Lipinski definition) is 3. The Labute approximate surface area is 196 Å². The summed E-state index contributed by atoms with van der Waals surface area (Å²) < 4.78 is 5.22. The number of carbonyl (C=O) groups is 1. The lowest BCUT2D eigenvalue weighted by molar-refractivity contribution is -0.118. The topological polar surface area (TPSA) is 64.3 Å². The summed E-state index contributed by atoms with van der Waals surface area (Å²) in [5.41, 5.74) is 10.5. The van der Waals surface area contributed by atoms with Crippen LogP contribution >= 0.6 is 0 Å². The highest BCUT2D eigenvalue weighted by Crippen LogP contribution is 2.41. The van der Waals surface area contributed by atoms with Gasteiger partial charge in [0.1, 0.15) is 5.75 Å². The van der Waals surface area contributed by atoms with Gasteiger partial charge in [-0.3, -0.25) is 4.79 Å². The van der Waals surface area contributed by atoms with E-state index in [-0.39, 0.29) is 11.8 Å². The van der Waals surface area contributed by atoms with Crippen LogP contribution < -0.4 is 15.8 Å². The zero-order valence-electron chi connectivity index (χ0n) is 19.1. The van der Waals surface area contributed by atoms with Gasteiger partial charge in [-0.25, -0.2) is 0 Å². The van der Waals surface area contributed by atoms with Gasteiger partial charge in [0.15, 0.2) is 0 Å². The molecule has 33 heavy (non-hydrogen) atoms. The largest absolute Gasteiger partial charge is 0.497 e. The smallest absolute Gasteiger partial charge is 0.218 e. The van der Waals surface area contributed by atoms with E-state index in [4.69, 9.17) is 10.5 Å². The molecule has 1 heterocycles. The molecular weight excluding hydrogens is 408 g/mol. The van der Waals surface area contributed by atoms with E-state index in [0.29, 0.717) is 18.3 Å². The van der Waals surface area contributed by atoms with Crippen molar-refractivity contribution in [1.29, 1.82) is 0 Å². The number of rotatable bonds is 8. The van der Waals surface area contributed by atoms with E-state index in [2.05, 4.69) is 66.0 Å². The molecule has 1 saturated heterocycles. The van der Waals surface area contributed by atoms with Gasteiger partial charge < -0.3 is 15.8 Å². The predicted octanol–water partition coefficient (Wildman–Crippen LogP) is 5.22. The third-order valence-corrected chi connectivity index (χ3v) is 6.65. The SMILES string of the molecule is COc1ccc(C=Cc2ccc(C(CC(N)=O)C3CCNCC3c3ccccc3)cc2)cc1. The van der Waals surface area contributed by atoms with Gasteiger partial charge in [-0.15, -0.1) is 0 Å². The number of nitrogens with two attached hydrogens (primary N) is 1. The average Bonchev–Trinajstić information content (AvgIpc) is 2.87. The van der Waals surface area contributed by atoms with E-state index in [0.717, 1.165) is 36.4 Å². The maximum Gasteiger partial charge on any atom is 0.218 e. The Kier molecular flexibility index (Phi) is 7.59. The fourth-order valence-electron chi connectivity index (χ4n) is 4.92. The molecule has 0 bridgehead atoms. The quantitative estimate of drug-likeness (QED) is 0.472. The summed E-state index contributed by atoms with van der Waals surface area (Å²) in [5.74, 6) is 1.44. The van der Waals surface area contributed by atoms with Crippen LogP contribution in [0.25, 0.3) is 12.2 Å². The van der Waals surface area contributed by atoms with Gasteiger partial charge in [-0.2, -0.15) is 0 Å². The molecule has 4 nitrogen and oxygen atoms in total. The van der Waals surface area contributed by atoms with Crippen molar-refractivity contribution in [3.8, 4) is 5.75 Å². The molecule has 3 aromatic carbocycles. The van der Waals surface area contributed by atoms with Gasteiger partial charge in [0.05, 0.1) is 7.11 Å². The maximum atomic E-state index is 12.0. The first-order chi connectivity index (χ1) is 16.1. The molecule has 0 radical (unpaired) electrons. The molecule has 1 aliphatic rings. The predicted molar refractivity (Wildman–Crippen MR) is 135 cm³/mol. The molecule has 0 spiro atoms. The van der Waals surface area contributed by atoms with E-state index < -0.39 is 0 Å². The van der Waals surface area contributed by atoms with Gasteiger partial charge in [-0.1, -0.05) is 78.9 Å². The highest BCUT2D eigenvalue weighted by atomic mass is 16.5. The number of nitrogens with one attached hydrogen (secondary N) is 1. The summed E-state index contributed by atoms with van der Waals surface area (Å²) in [6.07, 6.45) is 5.59. The molecule has 4 heteroatoms. The first kappa shape index (κ1) is 22.8. The van der Waals surface area contributed by atoms with E-state index >= 15 is 0 Å². The van der Waals surface area contributed by atoms with Crippen molar-refractivity contribution in [2.24, 2.45) is 11.7 Å². The van der Waals surface area contributed by atoms with Crippen molar-refractivity contribution in [3.05, 3.63) is 101 Å². The van der Waals surface area contributed by atoms with Crippen LogP contribution in [0.4, 0.5) is 0 Å². The van der Waals surface area contributed by atoms with Crippen molar-refractivity contribution in [2.75, 3.05) is 20.2 Å². The lowest BCUT2D eigenvalue weighted by Gasteiger charge is -2.38. The van der Waals surface area contributed by atoms with Crippen LogP contribution in [0.5, 0.6) is 5.75 Å². The summed E-state index contributed by atoms with van der Waals surface area (Å²) in [6, 6.07) is 27.2. The Balaban J connectivity index is 1.55. The van der Waals surface area contributed by atoms with Crippen molar-refractivity contribution < 1.29 is 9.53 Å². The molecule has 1 fully saturated rings. The van der Waals surface area contributed by atoms with Crippen LogP contribution in [0.2, 0.25) is 0 Å². The van der Waals surface area contributed by atoms with Crippen molar-refractivity contribution in [1.82, 2.24) is 5.32 Å². The lowest BCUT2D eigenvalue weighted by atomic mass is 9.70. The normalized spacial score (nSPS) is 19.3. The standard InChI is InChI=1S/C29H32N2O2/c1-33-25-15-11-22(12-16-25)8-7-21-9-13-24(14-10-21)27(19-29(30)32)26-17-18-31-20-28(26)23-5-3-2-4-6-23/h2-16,26-28,31H,17-20H2,1H3,(H2,30,32). The van der Waals surface area contributed by atoms with Crippen molar-refractivity contribution in [3.63, 3.8) is 0 Å². The summed E-state index contributed by atoms with van der Waals surface area (Å²) in [7, 11) is 1.67. The number of primary amides is 1. The minimum Gasteiger partial charge on any atom is -0.497 e. The Morgan fingerprint density at radius 3 is 2.24 bits per heavy atom. The number of piperidine rings is 1. The third kappa shape index (κ3) is 5.91. The Morgan fingerprint density at radius 1 is 1.00 bits per heavy atom. The molecular formula is C29H32N2O2. The van der Waals surface area contributed by atoms with Crippen LogP contribution in [0, 0.1) is 5.92 Å². The molecule has 0 aliphatic carbocycles. The Hall–Kier alpha value is -3.37. The zero-order valence-corrected chi connectivity index (χ0v) is 19.1. The number of methoxy groups -OCH3 is 1. The second kappa shape index (κ2) is 11.0. The highest BCUT2D eigenvalue weighted by Gasteiger charge is 2.34. The average molecular weight is 441 g/mol. The van der Waals surface area contributed by atoms with Gasteiger partial charge in [0.2, 0.25) is 5.91 Å². The molecule has 0 saturated carbocycles. The Morgan fingerprint density at radius 2 is 1.64 bits per heavy atom. The van der Waals surface area contributed by atoms with Crippen LogP contribution in [0.1, 0.15) is 46.9 Å². The summed E-state index contributed by atoms with van der Waals surface area (Å²) in [6.45, 7) is 1.89. The number of benzene rings is 3. The fourth-order valence-corrected chi connectivity index (χ4v) is 4.92. The summed E-state index contributed by atoms with van der Waals surface area (Å²) in [5, 5.41) is 3.54. The molecule has 3 atom stereocenters. The third-order valence-electron chi connectivity index (χ3n) is 6.65. The molecule has 1 amide bonds. The minimum absolute atomic E-state index is 0.106. The molecule has 3 N–H and O–H groups in total. The molecule has 0 aromatic heterocycles. The van der Waals surface area contributed by atoms with Crippen LogP contribution in [-0.4, -0.2) is 26.1 Å². The highest BCUT2D eigenvalue weighted by molar-refractivity contribution is 5.75. The zero-order chi connectivity index (χ0) is 23.0. The van der Waals surface area contributed by atoms with E-state index in [1.165, 1.54) is 11.1 Å². The molecule has 3 unspecified atom stereocenters.